The summed E-state index contributed by atoms with van der Waals surface area (Å²) in [5.74, 6) is 0. The predicted octanol–water partition coefficient (Wildman–Crippen LogP) is 2.49. The van der Waals surface area contributed by atoms with E-state index >= 15 is 0 Å². The molecular weight excluding hydrogens is 318 g/mol. The second-order valence-electron chi connectivity index (χ2n) is 5.78. The van der Waals surface area contributed by atoms with Gasteiger partial charge in [-0.15, -0.1) is 5.10 Å². The number of nitrogens with one attached hydrogen (secondary N) is 1. The van der Waals surface area contributed by atoms with Gasteiger partial charge in [-0.3, -0.25) is 4.90 Å². The molecule has 1 aromatic rings. The van der Waals surface area contributed by atoms with Crippen LogP contribution in [0.3, 0.4) is 0 Å². The molecule has 2 unspecified atom stereocenters. The fourth-order valence-corrected chi connectivity index (χ4v) is 3.86. The molecule has 114 valence electrons. The number of aromatic nitrogens is 3. The third kappa shape index (κ3) is 2.78. The molecular formula is C14H26BrN5. The van der Waals surface area contributed by atoms with Gasteiger partial charge in [-0.05, 0) is 61.8 Å². The lowest BCUT2D eigenvalue weighted by molar-refractivity contribution is 0.0810. The molecule has 5 nitrogen and oxygen atoms in total. The van der Waals surface area contributed by atoms with Crippen molar-refractivity contribution in [2.45, 2.75) is 51.6 Å². The Labute approximate surface area is 130 Å². The summed E-state index contributed by atoms with van der Waals surface area (Å²) >= 11 is 3.57. The number of nitrogens with zero attached hydrogens (tertiary/aromatic N) is 4. The second-order valence-corrected chi connectivity index (χ2v) is 6.54. The molecule has 0 aliphatic carbocycles. The third-order valence-electron chi connectivity index (χ3n) is 4.67. The highest BCUT2D eigenvalue weighted by Crippen LogP contribution is 2.38. The second kappa shape index (κ2) is 6.54. The first-order valence-corrected chi connectivity index (χ1v) is 8.37. The van der Waals surface area contributed by atoms with E-state index < -0.39 is 0 Å². The molecule has 0 radical (unpaired) electrons. The van der Waals surface area contributed by atoms with Crippen LogP contribution in [0.15, 0.2) is 4.60 Å². The Morgan fingerprint density at radius 3 is 2.45 bits per heavy atom. The highest BCUT2D eigenvalue weighted by molar-refractivity contribution is 9.10. The van der Waals surface area contributed by atoms with Gasteiger partial charge in [0.15, 0.2) is 4.60 Å². The standard InChI is InChI=1S/C14H26BrN5/c1-5-14(3,20-9-7-8-10-20)12(16-6-2)11-13(15)17-18-19(11)4/h12,16H,5-10H2,1-4H3. The van der Waals surface area contributed by atoms with Gasteiger partial charge in [-0.25, -0.2) is 4.68 Å². The van der Waals surface area contributed by atoms with Crippen LogP contribution in [0.4, 0.5) is 0 Å². The summed E-state index contributed by atoms with van der Waals surface area (Å²) in [6.07, 6.45) is 3.71. The molecule has 1 aliphatic heterocycles. The maximum absolute atomic E-state index is 4.16. The SMILES string of the molecule is CCNC(c1c(Br)nnn1C)C(C)(CC)N1CCCC1. The van der Waals surface area contributed by atoms with Gasteiger partial charge in [0.1, 0.15) is 0 Å². The van der Waals surface area contributed by atoms with E-state index in [0.29, 0.717) is 0 Å². The van der Waals surface area contributed by atoms with E-state index in [-0.39, 0.29) is 11.6 Å². The first-order valence-electron chi connectivity index (χ1n) is 7.58. The summed E-state index contributed by atoms with van der Waals surface area (Å²) in [5.41, 5.74) is 1.23. The molecule has 0 spiro atoms. The molecule has 0 bridgehead atoms. The minimum absolute atomic E-state index is 0.0878. The van der Waals surface area contributed by atoms with Crippen molar-refractivity contribution in [2.75, 3.05) is 19.6 Å². The monoisotopic (exact) mass is 343 g/mol. The molecule has 0 aromatic carbocycles. The fourth-order valence-electron chi connectivity index (χ4n) is 3.30. The van der Waals surface area contributed by atoms with Crippen molar-refractivity contribution in [1.29, 1.82) is 0 Å². The normalized spacial score (nSPS) is 21.1. The van der Waals surface area contributed by atoms with E-state index in [1.165, 1.54) is 25.9 Å². The van der Waals surface area contributed by atoms with Crippen LogP contribution in [0.5, 0.6) is 0 Å². The van der Waals surface area contributed by atoms with Gasteiger partial charge in [0, 0.05) is 12.6 Å². The molecule has 1 N–H and O–H groups in total. The summed E-state index contributed by atoms with van der Waals surface area (Å²) in [6.45, 7) is 10.1. The van der Waals surface area contributed by atoms with E-state index in [9.17, 15) is 0 Å². The smallest absolute Gasteiger partial charge is 0.153 e. The molecule has 1 fully saturated rings. The lowest BCUT2D eigenvalue weighted by Crippen LogP contribution is -2.54. The van der Waals surface area contributed by atoms with Crippen LogP contribution < -0.4 is 5.32 Å². The zero-order valence-corrected chi connectivity index (χ0v) is 14.6. The Morgan fingerprint density at radius 1 is 1.35 bits per heavy atom. The Balaban J connectivity index is 2.39. The molecule has 20 heavy (non-hydrogen) atoms. The van der Waals surface area contributed by atoms with Gasteiger partial charge < -0.3 is 5.32 Å². The Kier molecular flexibility index (Phi) is 5.20. The van der Waals surface area contributed by atoms with Gasteiger partial charge in [-0.2, -0.15) is 0 Å². The van der Waals surface area contributed by atoms with Crippen LogP contribution in [0, 0.1) is 0 Å². The highest BCUT2D eigenvalue weighted by atomic mass is 79.9. The lowest BCUT2D eigenvalue weighted by atomic mass is 9.85. The number of hydrogen-bond acceptors (Lipinski definition) is 4. The van der Waals surface area contributed by atoms with Crippen LogP contribution in [0.1, 0.15) is 51.8 Å². The number of likely N-dealkylation sites (N-methyl/N-ethyl adjacent to an activating group) is 1. The molecule has 1 saturated heterocycles. The summed E-state index contributed by atoms with van der Waals surface area (Å²) < 4.78 is 2.74. The largest absolute Gasteiger partial charge is 0.307 e. The van der Waals surface area contributed by atoms with Gasteiger partial charge in [-0.1, -0.05) is 19.1 Å². The van der Waals surface area contributed by atoms with Crippen molar-refractivity contribution < 1.29 is 0 Å². The number of hydrogen-bond donors (Lipinski definition) is 1. The van der Waals surface area contributed by atoms with Crippen molar-refractivity contribution in [2.24, 2.45) is 7.05 Å². The summed E-state index contributed by atoms with van der Waals surface area (Å²) in [4.78, 5) is 2.62. The van der Waals surface area contributed by atoms with Crippen molar-refractivity contribution in [3.8, 4) is 0 Å². The van der Waals surface area contributed by atoms with Gasteiger partial charge in [0.2, 0.25) is 0 Å². The van der Waals surface area contributed by atoms with E-state index in [1.807, 2.05) is 11.7 Å². The average molecular weight is 344 g/mol. The van der Waals surface area contributed by atoms with Gasteiger partial charge in [0.25, 0.3) is 0 Å². The van der Waals surface area contributed by atoms with Gasteiger partial charge >= 0.3 is 0 Å². The van der Waals surface area contributed by atoms with Crippen LogP contribution in [-0.2, 0) is 7.05 Å². The van der Waals surface area contributed by atoms with Crippen LogP contribution in [0.2, 0.25) is 0 Å². The highest BCUT2D eigenvalue weighted by Gasteiger charge is 2.42. The quantitative estimate of drug-likeness (QED) is 0.861. The Bertz CT molecular complexity index is 421. The molecule has 1 aliphatic rings. The molecule has 0 amide bonds. The molecule has 1 aromatic heterocycles. The third-order valence-corrected chi connectivity index (χ3v) is 5.24. The topological polar surface area (TPSA) is 46.0 Å². The number of likely N-dealkylation sites (tertiary alicyclic amines) is 1. The van der Waals surface area contributed by atoms with Crippen molar-refractivity contribution in [3.63, 3.8) is 0 Å². The molecule has 2 rings (SSSR count). The minimum atomic E-state index is 0.0878. The van der Waals surface area contributed by atoms with Crippen molar-refractivity contribution in [3.05, 3.63) is 10.3 Å². The predicted molar refractivity (Wildman–Crippen MR) is 84.6 cm³/mol. The summed E-state index contributed by atoms with van der Waals surface area (Å²) in [5, 5.41) is 12.0. The Hall–Kier alpha value is -0.460. The maximum atomic E-state index is 4.16. The van der Waals surface area contributed by atoms with Crippen LogP contribution >= 0.6 is 15.9 Å². The number of halogens is 1. The van der Waals surface area contributed by atoms with Crippen LogP contribution in [-0.4, -0.2) is 45.1 Å². The minimum Gasteiger partial charge on any atom is -0.307 e. The van der Waals surface area contributed by atoms with Crippen molar-refractivity contribution >= 4 is 15.9 Å². The molecule has 2 heterocycles. The van der Waals surface area contributed by atoms with E-state index in [0.717, 1.165) is 23.3 Å². The van der Waals surface area contributed by atoms with E-state index in [2.05, 4.69) is 57.2 Å². The summed E-state index contributed by atoms with van der Waals surface area (Å²) in [7, 11) is 1.97. The van der Waals surface area contributed by atoms with E-state index in [4.69, 9.17) is 0 Å². The number of rotatable bonds is 6. The summed E-state index contributed by atoms with van der Waals surface area (Å²) in [6, 6.07) is 0.227. The number of aryl methyl sites for hydroxylation is 1. The molecule has 2 atom stereocenters. The molecule has 6 heteroatoms. The van der Waals surface area contributed by atoms with E-state index in [1.54, 1.807) is 0 Å². The first-order chi connectivity index (χ1) is 9.54. The lowest BCUT2D eigenvalue weighted by Gasteiger charge is -2.44. The average Bonchev–Trinajstić information content (AvgIpc) is 3.07. The Morgan fingerprint density at radius 2 is 2.00 bits per heavy atom. The van der Waals surface area contributed by atoms with Crippen molar-refractivity contribution in [1.82, 2.24) is 25.2 Å². The molecule has 0 saturated carbocycles. The van der Waals surface area contributed by atoms with Crippen LogP contribution in [0.25, 0.3) is 0 Å². The zero-order valence-electron chi connectivity index (χ0n) is 13.0. The first kappa shape index (κ1) is 15.9. The zero-order chi connectivity index (χ0) is 14.8. The maximum Gasteiger partial charge on any atom is 0.153 e. The fraction of sp³-hybridized carbons (Fsp3) is 0.857. The van der Waals surface area contributed by atoms with Gasteiger partial charge in [0.05, 0.1) is 11.7 Å².